The number of aromatic amines is 2. The quantitative estimate of drug-likeness (QED) is 0.406. The van der Waals surface area contributed by atoms with Crippen LogP contribution in [-0.2, 0) is 6.54 Å². The number of alkyl halides is 3. The van der Waals surface area contributed by atoms with Crippen molar-refractivity contribution in [1.29, 1.82) is 0 Å². The molecule has 0 atom stereocenters. The number of nitrogens with zero attached hydrogens (tertiary/aromatic N) is 3. The van der Waals surface area contributed by atoms with Gasteiger partial charge >= 0.3 is 11.6 Å². The number of nitrogens with one attached hydrogen (secondary N) is 2. The zero-order chi connectivity index (χ0) is 22.1. The van der Waals surface area contributed by atoms with Gasteiger partial charge in [0.2, 0.25) is 5.65 Å². The molecular weight excluding hydrogens is 413 g/mol. The highest BCUT2D eigenvalue weighted by Crippen LogP contribution is 2.33. The Morgan fingerprint density at radius 2 is 1.90 bits per heavy atom. The smallest absolute Gasteiger partial charge is 0.328 e. The zero-order valence-corrected chi connectivity index (χ0v) is 16.1. The molecule has 3 aromatic heterocycles. The first kappa shape index (κ1) is 20.4. The summed E-state index contributed by atoms with van der Waals surface area (Å²) in [5.74, 6) is -0.128. The number of benzene rings is 1. The zero-order valence-electron chi connectivity index (χ0n) is 16.1. The topological polar surface area (TPSA) is 114 Å². The molecule has 3 heterocycles. The number of halogens is 3. The third kappa shape index (κ3) is 3.58. The summed E-state index contributed by atoms with van der Waals surface area (Å²) in [5, 5.41) is 2.88. The van der Waals surface area contributed by atoms with Crippen LogP contribution in [0, 0.1) is 0 Å². The number of H-pyrrole nitrogens is 2. The Balaban J connectivity index is 2.10. The Kier molecular flexibility index (Phi) is 5.32. The highest BCUT2D eigenvalue weighted by Gasteiger charge is 2.26. The highest BCUT2D eigenvalue weighted by molar-refractivity contribution is 5.88. The van der Waals surface area contributed by atoms with E-state index in [2.05, 4.69) is 15.1 Å². The van der Waals surface area contributed by atoms with E-state index in [1.54, 1.807) is 30.3 Å². The summed E-state index contributed by atoms with van der Waals surface area (Å²) in [6.07, 6.45) is -1.64. The number of aryl methyl sites for hydroxylation is 1. The van der Waals surface area contributed by atoms with Crippen molar-refractivity contribution < 1.29 is 17.6 Å². The van der Waals surface area contributed by atoms with Crippen molar-refractivity contribution in [2.24, 2.45) is 0 Å². The Hall–Kier alpha value is -3.89. The maximum Gasteiger partial charge on any atom is 0.428 e. The minimum absolute atomic E-state index is 0.0600. The average Bonchev–Trinajstić information content (AvgIpc) is 3.09. The van der Waals surface area contributed by atoms with Crippen LogP contribution in [0.1, 0.15) is 18.4 Å². The molecule has 8 nitrogen and oxygen atoms in total. The molecular formula is C20H18F3N6O2+. The van der Waals surface area contributed by atoms with Gasteiger partial charge in [0, 0.05) is 23.7 Å². The van der Waals surface area contributed by atoms with Crippen LogP contribution in [0.3, 0.4) is 0 Å². The van der Waals surface area contributed by atoms with E-state index in [0.29, 0.717) is 11.3 Å². The molecule has 11 heteroatoms. The van der Waals surface area contributed by atoms with Crippen LogP contribution < -0.4 is 21.4 Å². The number of aromatic nitrogens is 5. The largest absolute Gasteiger partial charge is 0.428 e. The van der Waals surface area contributed by atoms with Crippen molar-refractivity contribution in [1.82, 2.24) is 19.7 Å². The van der Waals surface area contributed by atoms with Gasteiger partial charge in [0.1, 0.15) is 5.69 Å². The summed E-state index contributed by atoms with van der Waals surface area (Å²) >= 11 is 0. The minimum Gasteiger partial charge on any atom is -0.328 e. The van der Waals surface area contributed by atoms with Crippen molar-refractivity contribution in [3.05, 3.63) is 69.0 Å². The number of nitrogen functional groups attached to an aromatic ring is 1. The normalized spacial score (nSPS) is 11.5. The van der Waals surface area contributed by atoms with Gasteiger partial charge in [-0.15, -0.1) is 9.38 Å². The average molecular weight is 431 g/mol. The lowest BCUT2D eigenvalue weighted by Crippen LogP contribution is -2.44. The van der Waals surface area contributed by atoms with Gasteiger partial charge in [0.05, 0.1) is 24.3 Å². The lowest BCUT2D eigenvalue weighted by Gasteiger charge is -2.09. The monoisotopic (exact) mass is 431 g/mol. The van der Waals surface area contributed by atoms with E-state index in [-0.39, 0.29) is 35.7 Å². The summed E-state index contributed by atoms with van der Waals surface area (Å²) in [4.78, 5) is 31.3. The molecule has 160 valence electrons. The van der Waals surface area contributed by atoms with Crippen LogP contribution in [0.25, 0.3) is 28.0 Å². The van der Waals surface area contributed by atoms with E-state index in [4.69, 9.17) is 5.73 Å². The van der Waals surface area contributed by atoms with Crippen molar-refractivity contribution in [3.63, 3.8) is 0 Å². The predicted octanol–water partition coefficient (Wildman–Crippen LogP) is 2.21. The molecule has 0 aliphatic heterocycles. The van der Waals surface area contributed by atoms with Gasteiger partial charge in [-0.05, 0) is 6.07 Å². The van der Waals surface area contributed by atoms with Gasteiger partial charge in [-0.2, -0.15) is 4.68 Å². The maximum atomic E-state index is 13.4. The molecule has 0 spiro atoms. The number of pyridine rings is 1. The maximum absolute atomic E-state index is 13.4. The number of hydrogen-bond acceptors (Lipinski definition) is 4. The number of nitrogens with two attached hydrogens (primary N) is 1. The van der Waals surface area contributed by atoms with Crippen molar-refractivity contribution >= 4 is 11.6 Å². The molecule has 0 fully saturated rings. The Labute approximate surface area is 172 Å². The van der Waals surface area contributed by atoms with Crippen molar-refractivity contribution in [3.8, 4) is 22.4 Å². The standard InChI is InChI=1S/C20H17F3N6O2/c21-7-4-8-28-20(31)29-17(27-28)14(12-9-13(16(22)23)18(30)25-10-12)15(26-19(29)24)11-5-2-1-3-6-11/h1-3,5-6,9-10,16H,4,7-8H2,(H3,24,25,26,27,30)/p+1. The van der Waals surface area contributed by atoms with E-state index in [0.717, 1.165) is 10.5 Å². The van der Waals surface area contributed by atoms with Crippen LogP contribution in [0.2, 0.25) is 0 Å². The lowest BCUT2D eigenvalue weighted by molar-refractivity contribution is -0.516. The number of anilines is 1. The summed E-state index contributed by atoms with van der Waals surface area (Å²) in [7, 11) is 0. The Bertz CT molecular complexity index is 1360. The van der Waals surface area contributed by atoms with E-state index >= 15 is 0 Å². The molecule has 0 aliphatic carbocycles. The second-order valence-electron chi connectivity index (χ2n) is 6.81. The van der Waals surface area contributed by atoms with E-state index in [1.165, 1.54) is 10.9 Å². The third-order valence-electron chi connectivity index (χ3n) is 4.83. The SMILES string of the molecule is Nc1nc(-c2ccccc2)c(-c2c[nH]c(=O)c(C(F)F)c2)c2[nH]n(CCCF)c(=O)[n+]12. The van der Waals surface area contributed by atoms with E-state index in [9.17, 15) is 22.8 Å². The van der Waals surface area contributed by atoms with Crippen LogP contribution in [-0.4, -0.2) is 26.4 Å². The molecule has 0 aliphatic rings. The summed E-state index contributed by atoms with van der Waals surface area (Å²) in [5.41, 5.74) is 5.46. The second-order valence-corrected chi connectivity index (χ2v) is 6.81. The fraction of sp³-hybridized carbons (Fsp3) is 0.200. The summed E-state index contributed by atoms with van der Waals surface area (Å²) in [6, 6.07) is 9.88. The Morgan fingerprint density at radius 3 is 2.58 bits per heavy atom. The van der Waals surface area contributed by atoms with Crippen LogP contribution in [0.15, 0.2) is 52.2 Å². The molecule has 4 aromatic rings. The Morgan fingerprint density at radius 1 is 1.16 bits per heavy atom. The molecule has 1 aromatic carbocycles. The number of fused-ring (bicyclic) bond motifs is 1. The van der Waals surface area contributed by atoms with Crippen molar-refractivity contribution in [2.45, 2.75) is 19.4 Å². The lowest BCUT2D eigenvalue weighted by atomic mass is 10.0. The van der Waals surface area contributed by atoms with Crippen LogP contribution >= 0.6 is 0 Å². The molecule has 4 N–H and O–H groups in total. The van der Waals surface area contributed by atoms with Crippen LogP contribution in [0.5, 0.6) is 0 Å². The molecule has 31 heavy (non-hydrogen) atoms. The fourth-order valence-electron chi connectivity index (χ4n) is 3.41. The first-order valence-corrected chi connectivity index (χ1v) is 9.39. The molecule has 0 unspecified atom stereocenters. The first-order chi connectivity index (χ1) is 14.9. The molecule has 0 radical (unpaired) electrons. The number of rotatable bonds is 6. The number of hydrogen-bond donors (Lipinski definition) is 3. The highest BCUT2D eigenvalue weighted by atomic mass is 19.3. The first-order valence-electron chi connectivity index (χ1n) is 9.39. The van der Waals surface area contributed by atoms with Gasteiger partial charge in [0.25, 0.3) is 12.0 Å². The van der Waals surface area contributed by atoms with Crippen LogP contribution in [0.4, 0.5) is 19.1 Å². The third-order valence-corrected chi connectivity index (χ3v) is 4.83. The minimum atomic E-state index is -3.00. The molecule has 0 saturated heterocycles. The van der Waals surface area contributed by atoms with E-state index < -0.39 is 29.9 Å². The van der Waals surface area contributed by atoms with Crippen molar-refractivity contribution in [2.75, 3.05) is 12.4 Å². The predicted molar refractivity (Wildman–Crippen MR) is 107 cm³/mol. The molecule has 4 rings (SSSR count). The van der Waals surface area contributed by atoms with Gasteiger partial charge in [-0.1, -0.05) is 30.3 Å². The fourth-order valence-corrected chi connectivity index (χ4v) is 3.41. The molecule has 0 amide bonds. The summed E-state index contributed by atoms with van der Waals surface area (Å²) < 4.78 is 41.7. The van der Waals surface area contributed by atoms with Gasteiger partial charge in [-0.3, -0.25) is 9.18 Å². The van der Waals surface area contributed by atoms with Gasteiger partial charge in [-0.25, -0.2) is 18.7 Å². The molecule has 0 saturated carbocycles. The van der Waals surface area contributed by atoms with E-state index in [1.807, 2.05) is 0 Å². The molecule has 0 bridgehead atoms. The van der Waals surface area contributed by atoms with Gasteiger partial charge in [0.15, 0.2) is 0 Å². The second kappa shape index (κ2) is 8.09. The van der Waals surface area contributed by atoms with Gasteiger partial charge < -0.3 is 10.7 Å². The summed E-state index contributed by atoms with van der Waals surface area (Å²) in [6.45, 7) is -0.565.